The third-order valence-corrected chi connectivity index (χ3v) is 8.86. The van der Waals surface area contributed by atoms with Crippen molar-refractivity contribution in [2.24, 2.45) is 4.99 Å². The summed E-state index contributed by atoms with van der Waals surface area (Å²) in [6.45, 7) is 19.7. The van der Waals surface area contributed by atoms with Crippen molar-refractivity contribution in [1.82, 2.24) is 9.80 Å². The number of nitrogens with zero attached hydrogens (tertiary/aromatic N) is 5. The van der Waals surface area contributed by atoms with Crippen LogP contribution in [0.4, 0.5) is 17.1 Å². The average molecular weight is 707 g/mol. The summed E-state index contributed by atoms with van der Waals surface area (Å²) in [7, 11) is 5.96. The number of aliphatic imine (C=N–C) groups is 1. The van der Waals surface area contributed by atoms with Gasteiger partial charge in [-0.05, 0) is 113 Å². The van der Waals surface area contributed by atoms with Crippen molar-refractivity contribution in [3.8, 4) is 17.2 Å². The average Bonchev–Trinajstić information content (AvgIpc) is 3.11. The zero-order valence-corrected chi connectivity index (χ0v) is 32.7. The van der Waals surface area contributed by atoms with Gasteiger partial charge >= 0.3 is 0 Å². The Hall–Kier alpha value is -5.02. The number of ether oxygens (including phenoxy) is 2. The fourth-order valence-electron chi connectivity index (χ4n) is 6.13. The van der Waals surface area contributed by atoms with Crippen LogP contribution in [0.2, 0.25) is 0 Å². The number of anilines is 3. The summed E-state index contributed by atoms with van der Waals surface area (Å²) in [5, 5.41) is 3.60. The van der Waals surface area contributed by atoms with E-state index in [1.807, 2.05) is 91.5 Å². The Morgan fingerprint density at radius 2 is 1.77 bits per heavy atom. The van der Waals surface area contributed by atoms with Crippen LogP contribution in [0, 0.1) is 20.8 Å². The highest BCUT2D eigenvalue weighted by molar-refractivity contribution is 6.10. The molecule has 1 unspecified atom stereocenters. The molecule has 278 valence electrons. The van der Waals surface area contributed by atoms with Crippen molar-refractivity contribution in [1.29, 1.82) is 0 Å². The van der Waals surface area contributed by atoms with Crippen LogP contribution in [0.1, 0.15) is 55.9 Å². The van der Waals surface area contributed by atoms with Crippen molar-refractivity contribution in [3.63, 3.8) is 0 Å². The van der Waals surface area contributed by atoms with Crippen LogP contribution in [0.15, 0.2) is 90.7 Å². The minimum Gasteiger partial charge on any atom is -0.489 e. The predicted molar refractivity (Wildman–Crippen MR) is 219 cm³/mol. The quantitative estimate of drug-likeness (QED) is 0.122. The van der Waals surface area contributed by atoms with Crippen molar-refractivity contribution >= 4 is 28.8 Å². The van der Waals surface area contributed by atoms with E-state index in [9.17, 15) is 4.79 Å². The molecule has 0 saturated carbocycles. The number of piperazine rings is 1. The molecule has 1 atom stereocenters. The van der Waals surface area contributed by atoms with Crippen LogP contribution in [-0.4, -0.2) is 81.5 Å². The molecule has 9 heteroatoms. The van der Waals surface area contributed by atoms with Gasteiger partial charge in [0.15, 0.2) is 0 Å². The van der Waals surface area contributed by atoms with Crippen LogP contribution in [0.3, 0.4) is 0 Å². The lowest BCUT2D eigenvalue weighted by molar-refractivity contribution is -0.127. The number of carbonyl (C=O) groups excluding carboxylic acids is 1. The maximum atomic E-state index is 12.9. The zero-order valence-electron chi connectivity index (χ0n) is 32.7. The number of hydrogen-bond donors (Lipinski definition) is 1. The number of hydrogen-bond acceptors (Lipinski definition) is 7. The van der Waals surface area contributed by atoms with Gasteiger partial charge in [0.2, 0.25) is 5.91 Å². The number of benzene rings is 3. The van der Waals surface area contributed by atoms with E-state index in [-0.39, 0.29) is 11.9 Å². The molecule has 0 aromatic heterocycles. The van der Waals surface area contributed by atoms with Crippen molar-refractivity contribution in [2.75, 3.05) is 69.0 Å². The number of carbonyl (C=O) groups is 1. The van der Waals surface area contributed by atoms with Crippen molar-refractivity contribution in [2.45, 2.75) is 60.4 Å². The highest BCUT2D eigenvalue weighted by Gasteiger charge is 2.35. The van der Waals surface area contributed by atoms with Crippen LogP contribution < -0.4 is 24.6 Å². The number of likely N-dealkylation sites (N-methyl/N-ethyl adjacent to an activating group) is 1. The van der Waals surface area contributed by atoms with Crippen molar-refractivity contribution < 1.29 is 14.3 Å². The molecule has 3 aromatic rings. The third kappa shape index (κ3) is 10.3. The van der Waals surface area contributed by atoms with Gasteiger partial charge in [-0.3, -0.25) is 4.79 Å². The first-order chi connectivity index (χ1) is 25.0. The normalized spacial score (nSPS) is 15.5. The lowest BCUT2D eigenvalue weighted by atomic mass is 10.0. The minimum absolute atomic E-state index is 0.0503. The van der Waals surface area contributed by atoms with E-state index < -0.39 is 0 Å². The predicted octanol–water partition coefficient (Wildman–Crippen LogP) is 8.71. The molecule has 1 saturated heterocycles. The van der Waals surface area contributed by atoms with E-state index in [4.69, 9.17) is 14.5 Å². The van der Waals surface area contributed by atoms with Crippen LogP contribution in [-0.2, 0) is 4.79 Å². The maximum absolute atomic E-state index is 12.9. The highest BCUT2D eigenvalue weighted by atomic mass is 16.5. The topological polar surface area (TPSA) is 72.9 Å². The second-order valence-electron chi connectivity index (χ2n) is 13.7. The molecule has 5 rings (SSSR count). The number of amidine groups is 1. The third-order valence-electron chi connectivity index (χ3n) is 8.86. The smallest absolute Gasteiger partial charge is 0.246 e. The molecule has 0 bridgehead atoms. The second kappa shape index (κ2) is 19.0. The summed E-state index contributed by atoms with van der Waals surface area (Å²) in [6, 6.07) is 16.5. The Kier molecular flexibility index (Phi) is 14.5. The van der Waals surface area contributed by atoms with E-state index >= 15 is 0 Å². The highest BCUT2D eigenvalue weighted by Crippen LogP contribution is 2.38. The summed E-state index contributed by atoms with van der Waals surface area (Å²) in [5.41, 5.74) is 7.19. The first kappa shape index (κ1) is 39.8. The Morgan fingerprint density at radius 3 is 2.44 bits per heavy atom. The Balaban J connectivity index is 0.00000195. The molecule has 2 aliphatic heterocycles. The zero-order chi connectivity index (χ0) is 37.8. The number of aryl methyl sites for hydroxylation is 3. The molecule has 0 spiro atoms. The van der Waals surface area contributed by atoms with Crippen molar-refractivity contribution in [3.05, 3.63) is 108 Å². The maximum Gasteiger partial charge on any atom is 0.246 e. The van der Waals surface area contributed by atoms with Gasteiger partial charge in [0.25, 0.3) is 0 Å². The van der Waals surface area contributed by atoms with Crippen LogP contribution >= 0.6 is 0 Å². The van der Waals surface area contributed by atoms with Gasteiger partial charge in [0, 0.05) is 62.4 Å². The van der Waals surface area contributed by atoms with Gasteiger partial charge < -0.3 is 34.4 Å². The van der Waals surface area contributed by atoms with E-state index in [0.717, 1.165) is 81.9 Å². The Morgan fingerprint density at radius 1 is 1.00 bits per heavy atom. The molecule has 0 radical (unpaired) electrons. The standard InChI is InChI=1S/C40H50N6O3.C3H8/c1-9-11-18-41-40(42-31-14-17-37(30(5)22-31)49-33-15-16-35(29(4)23-33)44(8)10-2)34-25-36-38(24-28(34)3)48-27-32-26-45(20-21-46(32)36)39(47)13-12-19-43(6)7;1-3-2/h10-18,22-25,32H,2,9,19-21,26-27H2,1,3-8H3,(H,41,42);3H2,1-2H3/b13-12+,18-11+;. The lowest BCUT2D eigenvalue weighted by Gasteiger charge is -2.45. The molecule has 0 aliphatic carbocycles. The number of nitrogens with one attached hydrogen (secondary N) is 1. The fraction of sp³-hybridized carbons (Fsp3) is 0.395. The first-order valence-corrected chi connectivity index (χ1v) is 18.4. The molecule has 1 fully saturated rings. The summed E-state index contributed by atoms with van der Waals surface area (Å²) in [5.74, 6) is 3.24. The lowest BCUT2D eigenvalue weighted by Crippen LogP contribution is -2.58. The van der Waals surface area contributed by atoms with Gasteiger partial charge in [-0.2, -0.15) is 0 Å². The van der Waals surface area contributed by atoms with Crippen LogP contribution in [0.25, 0.3) is 0 Å². The van der Waals surface area contributed by atoms with Gasteiger partial charge in [-0.1, -0.05) is 45.9 Å². The molecule has 9 nitrogen and oxygen atoms in total. The van der Waals surface area contributed by atoms with Gasteiger partial charge in [-0.25, -0.2) is 4.99 Å². The fourth-order valence-corrected chi connectivity index (χ4v) is 6.13. The molecular formula is C43H58N6O3. The molecule has 1 amide bonds. The van der Waals surface area contributed by atoms with Gasteiger partial charge in [-0.15, -0.1) is 0 Å². The van der Waals surface area contributed by atoms with E-state index in [2.05, 4.69) is 69.6 Å². The van der Waals surface area contributed by atoms with E-state index in [1.165, 1.54) is 6.42 Å². The summed E-state index contributed by atoms with van der Waals surface area (Å²) in [6.07, 6.45) is 11.4. The molecule has 2 aliphatic rings. The van der Waals surface area contributed by atoms with Gasteiger partial charge in [0.1, 0.15) is 29.7 Å². The molecule has 3 aromatic carbocycles. The Bertz CT molecular complexity index is 1780. The molecule has 52 heavy (non-hydrogen) atoms. The summed E-state index contributed by atoms with van der Waals surface area (Å²) >= 11 is 0. The summed E-state index contributed by atoms with van der Waals surface area (Å²) < 4.78 is 12.6. The minimum atomic E-state index is 0.0503. The summed E-state index contributed by atoms with van der Waals surface area (Å²) in [4.78, 5) is 26.1. The monoisotopic (exact) mass is 706 g/mol. The second-order valence-corrected chi connectivity index (χ2v) is 13.7. The SMILES string of the molecule is C=CN(C)c1ccc(Oc2ccc(NC(=N/C=C/CC)c3cc4c(cc3C)OCC3CN(C(=O)/C=C/CN(C)C)CCN43)cc2C)cc1C.CCC. The number of fused-ring (bicyclic) bond motifs is 3. The van der Waals surface area contributed by atoms with Gasteiger partial charge in [0.05, 0.1) is 11.7 Å². The molecule has 2 heterocycles. The Labute approximate surface area is 311 Å². The van der Waals surface area contributed by atoms with E-state index in [0.29, 0.717) is 19.7 Å². The molecular weight excluding hydrogens is 649 g/mol. The first-order valence-electron chi connectivity index (χ1n) is 18.4. The number of rotatable bonds is 11. The number of amides is 1. The largest absolute Gasteiger partial charge is 0.489 e. The van der Waals surface area contributed by atoms with Crippen LogP contribution in [0.5, 0.6) is 17.2 Å². The number of allylic oxidation sites excluding steroid dienone is 1. The molecule has 1 N–H and O–H groups in total. The van der Waals surface area contributed by atoms with E-state index in [1.54, 1.807) is 12.3 Å².